The summed E-state index contributed by atoms with van der Waals surface area (Å²) >= 11 is 0. The van der Waals surface area contributed by atoms with Gasteiger partial charge in [0.15, 0.2) is 5.78 Å². The molecule has 112 valence electrons. The summed E-state index contributed by atoms with van der Waals surface area (Å²) in [6, 6.07) is 13.7. The zero-order chi connectivity index (χ0) is 15.7. The number of hydrogen-bond donors (Lipinski definition) is 0. The van der Waals surface area contributed by atoms with Crippen molar-refractivity contribution in [3.63, 3.8) is 0 Å². The molecule has 0 saturated carbocycles. The third kappa shape index (κ3) is 2.80. The smallest absolute Gasteiger partial charge is 0.231 e. The van der Waals surface area contributed by atoms with Gasteiger partial charge < -0.3 is 4.90 Å². The van der Waals surface area contributed by atoms with Gasteiger partial charge in [0, 0.05) is 17.8 Å². The fourth-order valence-corrected chi connectivity index (χ4v) is 2.86. The highest BCUT2D eigenvalue weighted by Crippen LogP contribution is 2.29. The van der Waals surface area contributed by atoms with Crippen molar-refractivity contribution in [2.45, 2.75) is 26.7 Å². The van der Waals surface area contributed by atoms with E-state index in [1.165, 1.54) is 5.56 Å². The van der Waals surface area contributed by atoms with Gasteiger partial charge in [-0.15, -0.1) is 0 Å². The fraction of sp³-hybridized carbons (Fsp3) is 0.263. The van der Waals surface area contributed by atoms with Crippen LogP contribution in [0.4, 0.5) is 5.69 Å². The first-order valence-electron chi connectivity index (χ1n) is 7.54. The lowest BCUT2D eigenvalue weighted by molar-refractivity contribution is -0.117. The second-order valence-electron chi connectivity index (χ2n) is 5.86. The molecule has 1 aliphatic rings. The van der Waals surface area contributed by atoms with E-state index >= 15 is 0 Å². The van der Waals surface area contributed by atoms with Crippen molar-refractivity contribution in [3.8, 4) is 0 Å². The molecule has 0 saturated heterocycles. The molecule has 3 rings (SSSR count). The van der Waals surface area contributed by atoms with Crippen LogP contribution in [0.3, 0.4) is 0 Å². The van der Waals surface area contributed by atoms with Crippen LogP contribution in [0.15, 0.2) is 42.5 Å². The third-order valence-corrected chi connectivity index (χ3v) is 4.16. The van der Waals surface area contributed by atoms with Crippen LogP contribution in [0.2, 0.25) is 0 Å². The molecule has 0 N–H and O–H groups in total. The number of rotatable bonds is 3. The molecule has 1 heterocycles. The van der Waals surface area contributed by atoms with Gasteiger partial charge in [-0.25, -0.2) is 0 Å². The summed E-state index contributed by atoms with van der Waals surface area (Å²) in [6.07, 6.45) is 1.23. The highest BCUT2D eigenvalue weighted by atomic mass is 16.2. The highest BCUT2D eigenvalue weighted by molar-refractivity contribution is 5.99. The van der Waals surface area contributed by atoms with Crippen molar-refractivity contribution >= 4 is 17.4 Å². The minimum atomic E-state index is 0.0623. The largest absolute Gasteiger partial charge is 0.312 e. The quantitative estimate of drug-likeness (QED) is 0.814. The van der Waals surface area contributed by atoms with Crippen LogP contribution in [-0.2, 0) is 17.6 Å². The summed E-state index contributed by atoms with van der Waals surface area (Å²) in [4.78, 5) is 25.8. The Balaban J connectivity index is 1.79. The van der Waals surface area contributed by atoms with Crippen molar-refractivity contribution in [1.82, 2.24) is 0 Å². The van der Waals surface area contributed by atoms with Gasteiger partial charge in [0.25, 0.3) is 0 Å². The molecular formula is C19H19NO2. The van der Waals surface area contributed by atoms with Gasteiger partial charge in [-0.1, -0.05) is 29.8 Å². The molecule has 0 fully saturated rings. The number of carbonyl (C=O) groups excluding carboxylic acids is 2. The molecule has 0 spiro atoms. The van der Waals surface area contributed by atoms with E-state index in [0.717, 1.165) is 23.2 Å². The summed E-state index contributed by atoms with van der Waals surface area (Å²) in [5.41, 5.74) is 4.97. The first-order chi connectivity index (χ1) is 10.5. The van der Waals surface area contributed by atoms with Gasteiger partial charge >= 0.3 is 0 Å². The van der Waals surface area contributed by atoms with Crippen LogP contribution in [0.5, 0.6) is 0 Å². The molecule has 0 radical (unpaired) electrons. The maximum Gasteiger partial charge on any atom is 0.231 e. The highest BCUT2D eigenvalue weighted by Gasteiger charge is 2.25. The molecule has 1 amide bonds. The molecule has 0 aromatic heterocycles. The van der Waals surface area contributed by atoms with E-state index in [4.69, 9.17) is 0 Å². The molecule has 0 bridgehead atoms. The first-order valence-corrected chi connectivity index (χ1v) is 7.54. The summed E-state index contributed by atoms with van der Waals surface area (Å²) < 4.78 is 0. The van der Waals surface area contributed by atoms with Gasteiger partial charge in [-0.2, -0.15) is 0 Å². The van der Waals surface area contributed by atoms with Crippen LogP contribution < -0.4 is 4.90 Å². The molecule has 22 heavy (non-hydrogen) atoms. The predicted octanol–water partition coefficient (Wildman–Crippen LogP) is 3.33. The maximum absolute atomic E-state index is 12.5. The zero-order valence-corrected chi connectivity index (χ0v) is 12.9. The summed E-state index contributed by atoms with van der Waals surface area (Å²) in [7, 11) is 0. The maximum atomic E-state index is 12.5. The van der Waals surface area contributed by atoms with Gasteiger partial charge in [0.05, 0.1) is 6.42 Å². The Bertz CT molecular complexity index is 732. The number of anilines is 1. The molecule has 1 aliphatic heterocycles. The number of amides is 1. The standard InChI is InChI=1S/C19H19NO2/c1-13-3-5-15(6-4-13)11-19(22)20-10-9-17-12-16(14(2)21)7-8-18(17)20/h3-8,12H,9-11H2,1-2H3. The molecule has 2 aromatic rings. The average Bonchev–Trinajstić information content (AvgIpc) is 2.92. The normalized spacial score (nSPS) is 13.1. The average molecular weight is 293 g/mol. The first kappa shape index (κ1) is 14.5. The third-order valence-electron chi connectivity index (χ3n) is 4.16. The SMILES string of the molecule is CC(=O)c1ccc2c(c1)CCN2C(=O)Cc1ccc(C)cc1. The van der Waals surface area contributed by atoms with Crippen molar-refractivity contribution in [1.29, 1.82) is 0 Å². The van der Waals surface area contributed by atoms with Gasteiger partial charge in [0.1, 0.15) is 0 Å². The second-order valence-corrected chi connectivity index (χ2v) is 5.86. The molecule has 2 aromatic carbocycles. The Morgan fingerprint density at radius 3 is 2.50 bits per heavy atom. The Morgan fingerprint density at radius 2 is 1.82 bits per heavy atom. The Labute approximate surface area is 130 Å². The number of Topliss-reactive ketones (excluding diaryl/α,β-unsaturated/α-hetero) is 1. The van der Waals surface area contributed by atoms with Crippen LogP contribution >= 0.6 is 0 Å². The van der Waals surface area contributed by atoms with Crippen molar-refractivity contribution in [3.05, 3.63) is 64.7 Å². The summed E-state index contributed by atoms with van der Waals surface area (Å²) in [5, 5.41) is 0. The number of hydrogen-bond acceptors (Lipinski definition) is 2. The van der Waals surface area contributed by atoms with E-state index in [1.54, 1.807) is 13.0 Å². The van der Waals surface area contributed by atoms with Crippen LogP contribution in [0.25, 0.3) is 0 Å². The predicted molar refractivity (Wildman–Crippen MR) is 87.4 cm³/mol. The number of ketones is 1. The van der Waals surface area contributed by atoms with Gasteiger partial charge in [-0.3, -0.25) is 9.59 Å². The number of aryl methyl sites for hydroxylation is 1. The van der Waals surface area contributed by atoms with Gasteiger partial charge in [0.2, 0.25) is 5.91 Å². The number of carbonyl (C=O) groups is 2. The monoisotopic (exact) mass is 293 g/mol. The fourth-order valence-electron chi connectivity index (χ4n) is 2.86. The Kier molecular flexibility index (Phi) is 3.80. The van der Waals surface area contributed by atoms with E-state index in [2.05, 4.69) is 0 Å². The van der Waals surface area contributed by atoms with Gasteiger partial charge in [-0.05, 0) is 49.6 Å². The second kappa shape index (κ2) is 5.76. The van der Waals surface area contributed by atoms with Crippen LogP contribution in [0.1, 0.15) is 34.0 Å². The van der Waals surface area contributed by atoms with E-state index in [0.29, 0.717) is 18.5 Å². The van der Waals surface area contributed by atoms with E-state index in [9.17, 15) is 9.59 Å². The number of nitrogens with zero attached hydrogens (tertiary/aromatic N) is 1. The zero-order valence-electron chi connectivity index (χ0n) is 12.9. The lowest BCUT2D eigenvalue weighted by atomic mass is 10.1. The minimum Gasteiger partial charge on any atom is -0.312 e. The number of benzene rings is 2. The Hall–Kier alpha value is -2.42. The van der Waals surface area contributed by atoms with E-state index < -0.39 is 0 Å². The van der Waals surface area contributed by atoms with E-state index in [-0.39, 0.29) is 11.7 Å². The summed E-state index contributed by atoms with van der Waals surface area (Å²) in [6.45, 7) is 4.30. The minimum absolute atomic E-state index is 0.0623. The topological polar surface area (TPSA) is 37.4 Å². The van der Waals surface area contributed by atoms with Crippen LogP contribution in [0, 0.1) is 6.92 Å². The lowest BCUT2D eigenvalue weighted by Gasteiger charge is -2.17. The molecule has 3 nitrogen and oxygen atoms in total. The number of fused-ring (bicyclic) bond motifs is 1. The van der Waals surface area contributed by atoms with Crippen molar-refractivity contribution < 1.29 is 9.59 Å². The summed E-state index contributed by atoms with van der Waals surface area (Å²) in [5.74, 6) is 0.172. The molecule has 0 atom stereocenters. The molecular weight excluding hydrogens is 274 g/mol. The molecule has 0 unspecified atom stereocenters. The van der Waals surface area contributed by atoms with Crippen molar-refractivity contribution in [2.75, 3.05) is 11.4 Å². The Morgan fingerprint density at radius 1 is 1.09 bits per heavy atom. The van der Waals surface area contributed by atoms with Crippen molar-refractivity contribution in [2.24, 2.45) is 0 Å². The molecule has 0 aliphatic carbocycles. The van der Waals surface area contributed by atoms with Crippen LogP contribution in [-0.4, -0.2) is 18.2 Å². The molecule has 3 heteroatoms. The van der Waals surface area contributed by atoms with E-state index in [1.807, 2.05) is 48.2 Å². The lowest BCUT2D eigenvalue weighted by Crippen LogP contribution is -2.30.